The van der Waals surface area contributed by atoms with Crippen molar-refractivity contribution in [3.63, 3.8) is 0 Å². The summed E-state index contributed by atoms with van der Waals surface area (Å²) < 4.78 is 20.3. The van der Waals surface area contributed by atoms with Gasteiger partial charge in [0.1, 0.15) is 11.6 Å². The third-order valence-electron chi connectivity index (χ3n) is 3.04. The maximum Gasteiger partial charge on any atom is 0.214 e. The number of rotatable bonds is 5. The number of thioether (sulfide) groups is 1. The molecule has 0 aliphatic rings. The van der Waals surface area contributed by atoms with Crippen LogP contribution in [-0.2, 0) is 5.75 Å². The van der Waals surface area contributed by atoms with Crippen LogP contribution in [0.25, 0.3) is 5.69 Å². The maximum atomic E-state index is 13.4. The molecule has 1 aromatic heterocycles. The monoisotopic (exact) mass is 316 g/mol. The molecule has 0 saturated carbocycles. The molecule has 3 rings (SSSR count). The number of aromatic nitrogens is 4. The van der Waals surface area contributed by atoms with Crippen LogP contribution in [0.5, 0.6) is 5.75 Å². The van der Waals surface area contributed by atoms with Crippen molar-refractivity contribution >= 4 is 11.8 Å². The molecule has 112 valence electrons. The van der Waals surface area contributed by atoms with Crippen molar-refractivity contribution in [1.82, 2.24) is 20.2 Å². The van der Waals surface area contributed by atoms with Crippen LogP contribution in [0.1, 0.15) is 5.56 Å². The van der Waals surface area contributed by atoms with Gasteiger partial charge in [-0.2, -0.15) is 4.68 Å². The molecule has 0 saturated heterocycles. The van der Waals surface area contributed by atoms with Crippen molar-refractivity contribution in [2.75, 3.05) is 7.11 Å². The Morgan fingerprint density at radius 1 is 1.18 bits per heavy atom. The molecule has 0 amide bonds. The summed E-state index contributed by atoms with van der Waals surface area (Å²) in [6, 6.07) is 14.1. The van der Waals surface area contributed by atoms with E-state index in [1.165, 1.54) is 23.9 Å². The molecule has 7 heteroatoms. The fourth-order valence-corrected chi connectivity index (χ4v) is 2.87. The second-order valence-corrected chi connectivity index (χ2v) is 5.40. The molecule has 0 N–H and O–H groups in total. The van der Waals surface area contributed by atoms with Crippen molar-refractivity contribution in [3.05, 3.63) is 59.9 Å². The van der Waals surface area contributed by atoms with Gasteiger partial charge >= 0.3 is 0 Å². The Labute approximate surface area is 131 Å². The van der Waals surface area contributed by atoms with Gasteiger partial charge in [-0.25, -0.2) is 4.39 Å². The van der Waals surface area contributed by atoms with Crippen molar-refractivity contribution in [1.29, 1.82) is 0 Å². The van der Waals surface area contributed by atoms with E-state index >= 15 is 0 Å². The SMILES string of the molecule is COc1ccc(F)cc1CSc1nnnn1-c1ccccc1. The molecule has 0 aliphatic heterocycles. The lowest BCUT2D eigenvalue weighted by Gasteiger charge is -2.08. The first-order valence-electron chi connectivity index (χ1n) is 6.57. The van der Waals surface area contributed by atoms with Gasteiger partial charge in [0.05, 0.1) is 12.8 Å². The number of methoxy groups -OCH3 is 1. The molecule has 22 heavy (non-hydrogen) atoms. The molecule has 2 aromatic carbocycles. The fraction of sp³-hybridized carbons (Fsp3) is 0.133. The van der Waals surface area contributed by atoms with Crippen LogP contribution in [0.4, 0.5) is 4.39 Å². The standard InChI is InChI=1S/C15H13FN4OS/c1-21-14-8-7-12(16)9-11(14)10-22-15-17-18-19-20(15)13-5-3-2-4-6-13/h2-9H,10H2,1H3. The average molecular weight is 316 g/mol. The predicted molar refractivity (Wildman–Crippen MR) is 81.7 cm³/mol. The highest BCUT2D eigenvalue weighted by Crippen LogP contribution is 2.28. The van der Waals surface area contributed by atoms with Crippen LogP contribution in [-0.4, -0.2) is 27.3 Å². The highest BCUT2D eigenvalue weighted by atomic mass is 32.2. The number of hydrogen-bond donors (Lipinski definition) is 0. The summed E-state index contributed by atoms with van der Waals surface area (Å²) >= 11 is 1.42. The molecule has 0 radical (unpaired) electrons. The number of para-hydroxylation sites is 1. The average Bonchev–Trinajstić information content (AvgIpc) is 3.02. The molecule has 0 unspecified atom stereocenters. The van der Waals surface area contributed by atoms with Gasteiger partial charge in [0.2, 0.25) is 5.16 Å². The number of nitrogens with zero attached hydrogens (tertiary/aromatic N) is 4. The first-order valence-corrected chi connectivity index (χ1v) is 7.55. The number of tetrazole rings is 1. The number of ether oxygens (including phenoxy) is 1. The van der Waals surface area contributed by atoms with Crippen LogP contribution in [0.2, 0.25) is 0 Å². The zero-order valence-corrected chi connectivity index (χ0v) is 12.6. The van der Waals surface area contributed by atoms with Gasteiger partial charge in [-0.3, -0.25) is 0 Å². The van der Waals surface area contributed by atoms with Gasteiger partial charge < -0.3 is 4.74 Å². The lowest BCUT2D eigenvalue weighted by molar-refractivity contribution is 0.410. The Bertz CT molecular complexity index is 763. The second kappa shape index (κ2) is 6.57. The van der Waals surface area contributed by atoms with Gasteiger partial charge in [-0.15, -0.1) is 5.10 Å². The maximum absolute atomic E-state index is 13.4. The molecular formula is C15H13FN4OS. The van der Waals surface area contributed by atoms with Crippen LogP contribution in [0.15, 0.2) is 53.7 Å². The lowest BCUT2D eigenvalue weighted by atomic mass is 10.2. The first-order chi connectivity index (χ1) is 10.8. The summed E-state index contributed by atoms with van der Waals surface area (Å²) in [5.41, 5.74) is 1.64. The number of hydrogen-bond acceptors (Lipinski definition) is 5. The molecule has 0 bridgehead atoms. The minimum Gasteiger partial charge on any atom is -0.496 e. The Morgan fingerprint density at radius 2 is 2.00 bits per heavy atom. The van der Waals surface area contributed by atoms with Gasteiger partial charge in [0, 0.05) is 11.3 Å². The fourth-order valence-electron chi connectivity index (χ4n) is 2.00. The quantitative estimate of drug-likeness (QED) is 0.677. The first kappa shape index (κ1) is 14.5. The van der Waals surface area contributed by atoms with E-state index in [2.05, 4.69) is 15.5 Å². The third kappa shape index (κ3) is 3.09. The van der Waals surface area contributed by atoms with E-state index in [-0.39, 0.29) is 5.82 Å². The Hall–Kier alpha value is -2.41. The number of benzene rings is 2. The van der Waals surface area contributed by atoms with E-state index in [1.54, 1.807) is 17.9 Å². The summed E-state index contributed by atoms with van der Waals surface area (Å²) in [5, 5.41) is 12.3. The summed E-state index contributed by atoms with van der Waals surface area (Å²) in [7, 11) is 1.56. The van der Waals surface area contributed by atoms with Crippen LogP contribution in [0, 0.1) is 5.82 Å². The topological polar surface area (TPSA) is 52.8 Å². The minimum absolute atomic E-state index is 0.293. The Kier molecular flexibility index (Phi) is 4.34. The molecule has 5 nitrogen and oxygen atoms in total. The molecule has 3 aromatic rings. The van der Waals surface area contributed by atoms with Crippen molar-refractivity contribution in [2.45, 2.75) is 10.9 Å². The Balaban J connectivity index is 1.81. The van der Waals surface area contributed by atoms with Crippen LogP contribution < -0.4 is 4.74 Å². The molecule has 0 fully saturated rings. The zero-order chi connectivity index (χ0) is 15.4. The Morgan fingerprint density at radius 3 is 2.77 bits per heavy atom. The molecule has 1 heterocycles. The highest BCUT2D eigenvalue weighted by molar-refractivity contribution is 7.98. The second-order valence-electron chi connectivity index (χ2n) is 4.45. The van der Waals surface area contributed by atoms with Gasteiger partial charge in [0.15, 0.2) is 0 Å². The minimum atomic E-state index is -0.293. The summed E-state index contributed by atoms with van der Waals surface area (Å²) in [6.45, 7) is 0. The van der Waals surface area contributed by atoms with E-state index in [1.807, 2.05) is 30.3 Å². The van der Waals surface area contributed by atoms with E-state index in [0.29, 0.717) is 16.7 Å². The van der Waals surface area contributed by atoms with Crippen molar-refractivity contribution < 1.29 is 9.13 Å². The lowest BCUT2D eigenvalue weighted by Crippen LogP contribution is -1.99. The smallest absolute Gasteiger partial charge is 0.214 e. The summed E-state index contributed by atoms with van der Waals surface area (Å²) in [6.07, 6.45) is 0. The zero-order valence-electron chi connectivity index (χ0n) is 11.8. The van der Waals surface area contributed by atoms with Gasteiger partial charge in [-0.1, -0.05) is 30.0 Å². The third-order valence-corrected chi connectivity index (χ3v) is 4.01. The normalized spacial score (nSPS) is 10.6. The highest BCUT2D eigenvalue weighted by Gasteiger charge is 2.11. The van der Waals surface area contributed by atoms with Crippen molar-refractivity contribution in [3.8, 4) is 11.4 Å². The van der Waals surface area contributed by atoms with E-state index < -0.39 is 0 Å². The molecule has 0 atom stereocenters. The van der Waals surface area contributed by atoms with E-state index in [4.69, 9.17) is 4.74 Å². The predicted octanol–water partition coefficient (Wildman–Crippen LogP) is 3.10. The molecule has 0 aliphatic carbocycles. The largest absolute Gasteiger partial charge is 0.496 e. The van der Waals surface area contributed by atoms with E-state index in [0.717, 1.165) is 11.3 Å². The van der Waals surface area contributed by atoms with Crippen molar-refractivity contribution in [2.24, 2.45) is 0 Å². The van der Waals surface area contributed by atoms with Crippen LogP contribution in [0.3, 0.4) is 0 Å². The molecular weight excluding hydrogens is 303 g/mol. The number of halogens is 1. The molecule has 0 spiro atoms. The summed E-state index contributed by atoms with van der Waals surface area (Å²) in [5.74, 6) is 0.861. The van der Waals surface area contributed by atoms with Gasteiger partial charge in [0.25, 0.3) is 0 Å². The van der Waals surface area contributed by atoms with Crippen LogP contribution >= 0.6 is 11.8 Å². The summed E-state index contributed by atoms with van der Waals surface area (Å²) in [4.78, 5) is 0. The van der Waals surface area contributed by atoms with Gasteiger partial charge in [-0.05, 0) is 40.8 Å². The van der Waals surface area contributed by atoms with E-state index in [9.17, 15) is 4.39 Å².